The van der Waals surface area contributed by atoms with Crippen molar-refractivity contribution < 1.29 is 14.6 Å². The average molecular weight is 387 g/mol. The van der Waals surface area contributed by atoms with Crippen molar-refractivity contribution in [2.45, 2.75) is 13.0 Å². The van der Waals surface area contributed by atoms with E-state index in [1.165, 1.54) is 6.07 Å². The lowest BCUT2D eigenvalue weighted by Gasteiger charge is -2.09. The van der Waals surface area contributed by atoms with Crippen LogP contribution in [0.3, 0.4) is 0 Å². The van der Waals surface area contributed by atoms with Crippen LogP contribution < -0.4 is 4.74 Å². The lowest BCUT2D eigenvalue weighted by molar-refractivity contribution is 0.0990. The van der Waals surface area contributed by atoms with Gasteiger partial charge < -0.3 is 9.84 Å². The van der Waals surface area contributed by atoms with Crippen molar-refractivity contribution in [2.24, 2.45) is 0 Å². The van der Waals surface area contributed by atoms with Gasteiger partial charge in [-0.25, -0.2) is 0 Å². The quantitative estimate of drug-likeness (QED) is 0.552. The van der Waals surface area contributed by atoms with E-state index in [1.807, 2.05) is 12.1 Å². The number of rotatable bonds is 6. The van der Waals surface area contributed by atoms with Crippen molar-refractivity contribution in [2.75, 3.05) is 0 Å². The Morgan fingerprint density at radius 3 is 2.00 bits per heavy atom. The van der Waals surface area contributed by atoms with E-state index in [-0.39, 0.29) is 23.5 Å². The second-order valence-electron chi connectivity index (χ2n) is 5.82. The van der Waals surface area contributed by atoms with Crippen LogP contribution in [0.4, 0.5) is 0 Å². The third-order valence-corrected chi connectivity index (χ3v) is 4.37. The largest absolute Gasteiger partial charge is 0.507 e. The molecule has 0 atom stereocenters. The Bertz CT molecular complexity index is 904. The summed E-state index contributed by atoms with van der Waals surface area (Å²) in [5, 5.41) is 11.5. The van der Waals surface area contributed by atoms with E-state index in [9.17, 15) is 9.90 Å². The highest BCUT2D eigenvalue weighted by Crippen LogP contribution is 2.26. The highest BCUT2D eigenvalue weighted by atomic mass is 35.5. The summed E-state index contributed by atoms with van der Waals surface area (Å²) in [7, 11) is 0. The number of halogens is 2. The number of ether oxygens (including phenoxy) is 1. The maximum absolute atomic E-state index is 12.4. The van der Waals surface area contributed by atoms with Gasteiger partial charge in [-0.3, -0.25) is 4.79 Å². The Balaban J connectivity index is 1.65. The number of ketones is 1. The second-order valence-corrected chi connectivity index (χ2v) is 6.69. The van der Waals surface area contributed by atoms with Crippen molar-refractivity contribution in [3.8, 4) is 11.5 Å². The van der Waals surface area contributed by atoms with Crippen LogP contribution in [0, 0.1) is 0 Å². The summed E-state index contributed by atoms with van der Waals surface area (Å²) in [4.78, 5) is 12.4. The van der Waals surface area contributed by atoms with Crippen LogP contribution >= 0.6 is 23.2 Å². The van der Waals surface area contributed by atoms with E-state index in [0.29, 0.717) is 22.4 Å². The highest BCUT2D eigenvalue weighted by Gasteiger charge is 2.13. The van der Waals surface area contributed by atoms with Crippen molar-refractivity contribution >= 4 is 29.0 Å². The predicted octanol–water partition coefficient (Wildman–Crippen LogP) is 5.70. The van der Waals surface area contributed by atoms with Gasteiger partial charge in [-0.1, -0.05) is 47.5 Å². The smallest absolute Gasteiger partial charge is 0.170 e. The molecule has 0 aromatic heterocycles. The molecule has 3 nitrogen and oxygen atoms in total. The fourth-order valence-corrected chi connectivity index (χ4v) is 2.72. The van der Waals surface area contributed by atoms with Crippen molar-refractivity contribution in [3.63, 3.8) is 0 Å². The molecular weight excluding hydrogens is 371 g/mol. The third kappa shape index (κ3) is 4.78. The van der Waals surface area contributed by atoms with Crippen LogP contribution in [0.1, 0.15) is 21.5 Å². The molecule has 0 spiro atoms. The Labute approximate surface area is 161 Å². The zero-order valence-electron chi connectivity index (χ0n) is 13.8. The van der Waals surface area contributed by atoms with Gasteiger partial charge in [0, 0.05) is 22.5 Å². The van der Waals surface area contributed by atoms with Gasteiger partial charge in [-0.15, -0.1) is 0 Å². The second kappa shape index (κ2) is 8.26. The number of Topliss-reactive ketones (excluding diaryl/α,β-unsaturated/α-hetero) is 1. The van der Waals surface area contributed by atoms with E-state index < -0.39 is 0 Å². The first-order valence-corrected chi connectivity index (χ1v) is 8.75. The van der Waals surface area contributed by atoms with Gasteiger partial charge >= 0.3 is 0 Å². The summed E-state index contributed by atoms with van der Waals surface area (Å²) in [6, 6.07) is 19.1. The molecule has 5 heteroatoms. The summed E-state index contributed by atoms with van der Waals surface area (Å²) in [5.74, 6) is 0.215. The first-order chi connectivity index (χ1) is 12.5. The molecule has 0 aliphatic heterocycles. The van der Waals surface area contributed by atoms with Gasteiger partial charge in [0.05, 0.1) is 5.56 Å². The minimum atomic E-state index is -0.172. The van der Waals surface area contributed by atoms with Crippen LogP contribution in [0.25, 0.3) is 0 Å². The van der Waals surface area contributed by atoms with Crippen LogP contribution in [-0.4, -0.2) is 10.9 Å². The molecule has 26 heavy (non-hydrogen) atoms. The maximum Gasteiger partial charge on any atom is 0.170 e. The molecule has 0 aliphatic carbocycles. The summed E-state index contributed by atoms with van der Waals surface area (Å²) in [6.07, 6.45) is 0.190. The molecule has 0 fully saturated rings. The van der Waals surface area contributed by atoms with Gasteiger partial charge in [0.1, 0.15) is 18.1 Å². The molecule has 132 valence electrons. The molecule has 3 aromatic carbocycles. The number of phenolic OH excluding ortho intramolecular Hbond substituents is 1. The van der Waals surface area contributed by atoms with Gasteiger partial charge in [0.15, 0.2) is 5.78 Å². The Hall–Kier alpha value is -2.49. The number of benzene rings is 3. The molecule has 0 bridgehead atoms. The van der Waals surface area contributed by atoms with Crippen molar-refractivity contribution in [3.05, 3.63) is 93.5 Å². The zero-order valence-corrected chi connectivity index (χ0v) is 15.3. The molecule has 0 saturated heterocycles. The standard InChI is InChI=1S/C21H16Cl2O3/c22-16-5-1-14(2-6-16)11-20(24)19-10-9-18(12-21(19)25)26-13-15-3-7-17(23)8-4-15/h1-10,12,25H,11,13H2. The lowest BCUT2D eigenvalue weighted by atomic mass is 10.0. The molecule has 0 aliphatic rings. The maximum atomic E-state index is 12.4. The zero-order chi connectivity index (χ0) is 18.5. The van der Waals surface area contributed by atoms with E-state index in [0.717, 1.165) is 11.1 Å². The first kappa shape index (κ1) is 18.3. The molecule has 0 amide bonds. The number of hydrogen-bond donors (Lipinski definition) is 1. The minimum Gasteiger partial charge on any atom is -0.507 e. The summed E-state index contributed by atoms with van der Waals surface area (Å²) in [5.41, 5.74) is 2.05. The normalized spacial score (nSPS) is 10.5. The monoisotopic (exact) mass is 386 g/mol. The number of phenols is 1. The van der Waals surface area contributed by atoms with Gasteiger partial charge in [0.2, 0.25) is 0 Å². The first-order valence-electron chi connectivity index (χ1n) is 7.99. The van der Waals surface area contributed by atoms with Gasteiger partial charge in [-0.2, -0.15) is 0 Å². The van der Waals surface area contributed by atoms with Crippen molar-refractivity contribution in [1.29, 1.82) is 0 Å². The molecule has 3 rings (SSSR count). The van der Waals surface area contributed by atoms with Crippen LogP contribution in [0.15, 0.2) is 66.7 Å². The number of carbonyl (C=O) groups excluding carboxylic acids is 1. The Kier molecular flexibility index (Phi) is 5.82. The van der Waals surface area contributed by atoms with E-state index in [4.69, 9.17) is 27.9 Å². The number of carbonyl (C=O) groups is 1. The third-order valence-electron chi connectivity index (χ3n) is 3.87. The topological polar surface area (TPSA) is 46.5 Å². The number of hydrogen-bond acceptors (Lipinski definition) is 3. The van der Waals surface area contributed by atoms with E-state index in [1.54, 1.807) is 48.5 Å². The van der Waals surface area contributed by atoms with Crippen LogP contribution in [0.5, 0.6) is 11.5 Å². The molecule has 0 saturated carbocycles. The van der Waals surface area contributed by atoms with Crippen LogP contribution in [-0.2, 0) is 13.0 Å². The number of aromatic hydroxyl groups is 1. The lowest BCUT2D eigenvalue weighted by Crippen LogP contribution is -2.04. The summed E-state index contributed by atoms with van der Waals surface area (Å²) >= 11 is 11.7. The Morgan fingerprint density at radius 1 is 0.846 bits per heavy atom. The van der Waals surface area contributed by atoms with E-state index in [2.05, 4.69) is 0 Å². The predicted molar refractivity (Wildman–Crippen MR) is 103 cm³/mol. The fraction of sp³-hybridized carbons (Fsp3) is 0.0952. The average Bonchev–Trinajstić information content (AvgIpc) is 2.63. The minimum absolute atomic E-state index is 0.0995. The Morgan fingerprint density at radius 2 is 1.42 bits per heavy atom. The fourth-order valence-electron chi connectivity index (χ4n) is 2.47. The molecule has 0 heterocycles. The summed E-state index contributed by atoms with van der Waals surface area (Å²) < 4.78 is 5.65. The molecule has 3 aromatic rings. The van der Waals surface area contributed by atoms with Gasteiger partial charge in [-0.05, 0) is 47.5 Å². The van der Waals surface area contributed by atoms with E-state index >= 15 is 0 Å². The SMILES string of the molecule is O=C(Cc1ccc(Cl)cc1)c1ccc(OCc2ccc(Cl)cc2)cc1O. The molecular formula is C21H16Cl2O3. The molecule has 0 radical (unpaired) electrons. The molecule has 1 N–H and O–H groups in total. The van der Waals surface area contributed by atoms with Gasteiger partial charge in [0.25, 0.3) is 0 Å². The van der Waals surface area contributed by atoms with Crippen LogP contribution in [0.2, 0.25) is 10.0 Å². The molecule has 0 unspecified atom stereocenters. The van der Waals surface area contributed by atoms with Crippen molar-refractivity contribution in [1.82, 2.24) is 0 Å². The summed E-state index contributed by atoms with van der Waals surface area (Å²) in [6.45, 7) is 0.342. The highest BCUT2D eigenvalue weighted by molar-refractivity contribution is 6.30.